The molecule has 1 aromatic carbocycles. The zero-order valence-corrected chi connectivity index (χ0v) is 17.4. The molecule has 3 heterocycles. The van der Waals surface area contributed by atoms with E-state index in [4.69, 9.17) is 0 Å². The molecule has 0 saturated carbocycles. The van der Waals surface area contributed by atoms with Crippen LogP contribution >= 0.6 is 0 Å². The Balaban J connectivity index is 1.41. The molecule has 0 bridgehead atoms. The van der Waals surface area contributed by atoms with Crippen molar-refractivity contribution in [3.05, 3.63) is 65.7 Å². The molecule has 1 aliphatic rings. The highest BCUT2D eigenvalue weighted by Crippen LogP contribution is 2.21. The molecule has 0 unspecified atom stereocenters. The van der Waals surface area contributed by atoms with Crippen molar-refractivity contribution in [1.82, 2.24) is 19.9 Å². The Kier molecular flexibility index (Phi) is 6.15. The van der Waals surface area contributed by atoms with Crippen molar-refractivity contribution in [3.63, 3.8) is 0 Å². The number of nitrogens with zero attached hydrogens (tertiary/aromatic N) is 4. The molecule has 0 radical (unpaired) electrons. The van der Waals surface area contributed by atoms with Crippen molar-refractivity contribution in [2.45, 2.75) is 39.5 Å². The van der Waals surface area contributed by atoms with Gasteiger partial charge in [-0.05, 0) is 63.4 Å². The van der Waals surface area contributed by atoms with E-state index in [2.05, 4.69) is 69.3 Å². The molecule has 1 N–H and O–H groups in total. The van der Waals surface area contributed by atoms with Crippen LogP contribution in [0.5, 0.6) is 0 Å². The van der Waals surface area contributed by atoms with Crippen molar-refractivity contribution in [3.8, 4) is 11.1 Å². The summed E-state index contributed by atoms with van der Waals surface area (Å²) in [5.74, 6) is 0.591. The SMILES string of the molecule is Cc1ccc(-c2cnc(Nc3cnc(C)c(CCN4CCCCC4)c3)nc2)cc1. The minimum Gasteiger partial charge on any atom is -0.323 e. The van der Waals surface area contributed by atoms with Crippen molar-refractivity contribution >= 4 is 11.6 Å². The Bertz CT molecular complexity index is 928. The maximum atomic E-state index is 4.58. The fourth-order valence-electron chi connectivity index (χ4n) is 3.78. The molecule has 4 rings (SSSR count). The number of pyridine rings is 1. The molecule has 1 fully saturated rings. The van der Waals surface area contributed by atoms with Gasteiger partial charge >= 0.3 is 0 Å². The highest BCUT2D eigenvalue weighted by Gasteiger charge is 2.11. The number of nitrogens with one attached hydrogen (secondary N) is 1. The molecule has 29 heavy (non-hydrogen) atoms. The fourth-order valence-corrected chi connectivity index (χ4v) is 3.78. The molecular formula is C24H29N5. The van der Waals surface area contributed by atoms with Gasteiger partial charge < -0.3 is 10.2 Å². The van der Waals surface area contributed by atoms with Crippen LogP contribution in [0.4, 0.5) is 11.6 Å². The van der Waals surface area contributed by atoms with Gasteiger partial charge in [-0.3, -0.25) is 4.98 Å². The molecule has 0 amide bonds. The summed E-state index contributed by atoms with van der Waals surface area (Å²) < 4.78 is 0. The summed E-state index contributed by atoms with van der Waals surface area (Å²) in [5.41, 5.74) is 6.71. The molecule has 5 heteroatoms. The first-order chi connectivity index (χ1) is 14.2. The number of aryl methyl sites for hydroxylation is 2. The van der Waals surface area contributed by atoms with E-state index >= 15 is 0 Å². The van der Waals surface area contributed by atoms with Crippen LogP contribution in [0.3, 0.4) is 0 Å². The molecule has 1 saturated heterocycles. The first-order valence-corrected chi connectivity index (χ1v) is 10.5. The van der Waals surface area contributed by atoms with Crippen LogP contribution in [0.15, 0.2) is 48.9 Å². The fraction of sp³-hybridized carbons (Fsp3) is 0.375. The molecule has 0 spiro atoms. The van der Waals surface area contributed by atoms with E-state index in [1.165, 1.54) is 43.5 Å². The van der Waals surface area contributed by atoms with E-state index in [-0.39, 0.29) is 0 Å². The van der Waals surface area contributed by atoms with E-state index in [0.717, 1.165) is 35.5 Å². The van der Waals surface area contributed by atoms with Crippen molar-refractivity contribution in [2.75, 3.05) is 25.0 Å². The van der Waals surface area contributed by atoms with Gasteiger partial charge in [-0.2, -0.15) is 0 Å². The molecule has 5 nitrogen and oxygen atoms in total. The molecule has 1 aliphatic heterocycles. The zero-order valence-electron chi connectivity index (χ0n) is 17.4. The number of benzene rings is 1. The second-order valence-corrected chi connectivity index (χ2v) is 7.91. The maximum Gasteiger partial charge on any atom is 0.227 e. The Labute approximate surface area is 173 Å². The summed E-state index contributed by atoms with van der Waals surface area (Å²) in [6.45, 7) is 7.73. The predicted molar refractivity (Wildman–Crippen MR) is 118 cm³/mol. The summed E-state index contributed by atoms with van der Waals surface area (Å²) >= 11 is 0. The van der Waals surface area contributed by atoms with Gasteiger partial charge in [0, 0.05) is 30.2 Å². The minimum absolute atomic E-state index is 0.591. The van der Waals surface area contributed by atoms with Gasteiger partial charge in [0.05, 0.1) is 11.9 Å². The number of hydrogen-bond donors (Lipinski definition) is 1. The second-order valence-electron chi connectivity index (χ2n) is 7.91. The average Bonchev–Trinajstić information content (AvgIpc) is 2.76. The predicted octanol–water partition coefficient (Wildman–Crippen LogP) is 4.93. The Hall–Kier alpha value is -2.79. The maximum absolute atomic E-state index is 4.58. The lowest BCUT2D eigenvalue weighted by Gasteiger charge is -2.26. The van der Waals surface area contributed by atoms with Gasteiger partial charge in [0.2, 0.25) is 5.95 Å². The van der Waals surface area contributed by atoms with E-state index < -0.39 is 0 Å². The number of piperidine rings is 1. The monoisotopic (exact) mass is 387 g/mol. The lowest BCUT2D eigenvalue weighted by atomic mass is 10.1. The van der Waals surface area contributed by atoms with Gasteiger partial charge in [-0.1, -0.05) is 36.2 Å². The Morgan fingerprint density at radius 3 is 2.31 bits per heavy atom. The largest absolute Gasteiger partial charge is 0.323 e. The van der Waals surface area contributed by atoms with Gasteiger partial charge in [0.1, 0.15) is 0 Å². The van der Waals surface area contributed by atoms with Crippen LogP contribution in [-0.2, 0) is 6.42 Å². The van der Waals surface area contributed by atoms with Gasteiger partial charge in [0.15, 0.2) is 0 Å². The Morgan fingerprint density at radius 2 is 1.59 bits per heavy atom. The highest BCUT2D eigenvalue weighted by atomic mass is 15.1. The third kappa shape index (κ3) is 5.18. The minimum atomic E-state index is 0.591. The summed E-state index contributed by atoms with van der Waals surface area (Å²) in [7, 11) is 0. The summed E-state index contributed by atoms with van der Waals surface area (Å²) in [4.78, 5) is 16.1. The van der Waals surface area contributed by atoms with Crippen LogP contribution in [0.25, 0.3) is 11.1 Å². The van der Waals surface area contributed by atoms with Crippen LogP contribution in [0, 0.1) is 13.8 Å². The van der Waals surface area contributed by atoms with E-state index in [1.807, 2.05) is 18.6 Å². The lowest BCUT2D eigenvalue weighted by molar-refractivity contribution is 0.231. The van der Waals surface area contributed by atoms with E-state index in [1.54, 1.807) is 0 Å². The first-order valence-electron chi connectivity index (χ1n) is 10.5. The average molecular weight is 388 g/mol. The summed E-state index contributed by atoms with van der Waals surface area (Å²) in [5, 5.41) is 3.30. The van der Waals surface area contributed by atoms with Crippen LogP contribution in [0.2, 0.25) is 0 Å². The molecular weight excluding hydrogens is 358 g/mol. The van der Waals surface area contributed by atoms with E-state index in [0.29, 0.717) is 5.95 Å². The molecule has 150 valence electrons. The first kappa shape index (κ1) is 19.5. The van der Waals surface area contributed by atoms with Crippen molar-refractivity contribution in [2.24, 2.45) is 0 Å². The second kappa shape index (κ2) is 9.14. The quantitative estimate of drug-likeness (QED) is 0.650. The third-order valence-corrected chi connectivity index (χ3v) is 5.63. The molecule has 0 atom stereocenters. The number of anilines is 2. The zero-order chi connectivity index (χ0) is 20.1. The van der Waals surface area contributed by atoms with Gasteiger partial charge in [-0.15, -0.1) is 0 Å². The van der Waals surface area contributed by atoms with Crippen molar-refractivity contribution < 1.29 is 0 Å². The lowest BCUT2D eigenvalue weighted by Crippen LogP contribution is -2.31. The number of rotatable bonds is 6. The van der Waals surface area contributed by atoms with Crippen LogP contribution < -0.4 is 5.32 Å². The standard InChI is InChI=1S/C24H29N5/c1-18-6-8-20(9-7-18)22-15-26-24(27-16-22)28-23-14-21(19(2)25-17-23)10-13-29-11-4-3-5-12-29/h6-9,14-17H,3-5,10-13H2,1-2H3,(H,26,27,28). The third-order valence-electron chi connectivity index (χ3n) is 5.63. The topological polar surface area (TPSA) is 53.9 Å². The summed E-state index contributed by atoms with van der Waals surface area (Å²) in [6, 6.07) is 10.6. The molecule has 0 aliphatic carbocycles. The molecule has 3 aromatic rings. The normalized spacial score (nSPS) is 14.7. The molecule has 2 aromatic heterocycles. The Morgan fingerprint density at radius 1 is 0.862 bits per heavy atom. The van der Waals surface area contributed by atoms with Gasteiger partial charge in [0.25, 0.3) is 0 Å². The smallest absolute Gasteiger partial charge is 0.227 e. The van der Waals surface area contributed by atoms with Crippen LogP contribution in [-0.4, -0.2) is 39.5 Å². The summed E-state index contributed by atoms with van der Waals surface area (Å²) in [6.07, 6.45) is 10.6. The van der Waals surface area contributed by atoms with Crippen molar-refractivity contribution in [1.29, 1.82) is 0 Å². The van der Waals surface area contributed by atoms with E-state index in [9.17, 15) is 0 Å². The number of hydrogen-bond acceptors (Lipinski definition) is 5. The number of likely N-dealkylation sites (tertiary alicyclic amines) is 1. The van der Waals surface area contributed by atoms with Gasteiger partial charge in [-0.25, -0.2) is 9.97 Å². The highest BCUT2D eigenvalue weighted by molar-refractivity contribution is 5.63. The van der Waals surface area contributed by atoms with Crippen LogP contribution in [0.1, 0.15) is 36.1 Å². The number of aromatic nitrogens is 3.